The van der Waals surface area contributed by atoms with Crippen molar-refractivity contribution in [1.29, 1.82) is 0 Å². The SMILES string of the molecule is O=[N+]([O-])c1ccccc1CNCCCC(F)(F)F. The van der Waals surface area contributed by atoms with Gasteiger partial charge in [-0.1, -0.05) is 18.2 Å². The van der Waals surface area contributed by atoms with Gasteiger partial charge in [0.1, 0.15) is 0 Å². The lowest BCUT2D eigenvalue weighted by Gasteiger charge is -2.07. The number of nitrogens with zero attached hydrogens (tertiary/aromatic N) is 1. The fourth-order valence-electron chi connectivity index (χ4n) is 1.48. The molecule has 100 valence electrons. The van der Waals surface area contributed by atoms with Crippen molar-refractivity contribution >= 4 is 5.69 Å². The molecule has 0 amide bonds. The van der Waals surface area contributed by atoms with Crippen LogP contribution in [0.1, 0.15) is 18.4 Å². The van der Waals surface area contributed by atoms with Gasteiger partial charge in [-0.15, -0.1) is 0 Å². The number of benzene rings is 1. The van der Waals surface area contributed by atoms with Gasteiger partial charge in [-0.25, -0.2) is 0 Å². The van der Waals surface area contributed by atoms with Crippen molar-refractivity contribution in [2.75, 3.05) is 6.54 Å². The standard InChI is InChI=1S/C11H13F3N2O2/c12-11(13,14)6-3-7-15-8-9-4-1-2-5-10(9)16(17)18/h1-2,4-5,15H,3,6-8H2. The Balaban J connectivity index is 2.38. The quantitative estimate of drug-likeness (QED) is 0.487. The van der Waals surface area contributed by atoms with Crippen LogP contribution in [0.3, 0.4) is 0 Å². The average molecular weight is 262 g/mol. The van der Waals surface area contributed by atoms with E-state index >= 15 is 0 Å². The molecule has 4 nitrogen and oxygen atoms in total. The zero-order valence-electron chi connectivity index (χ0n) is 9.54. The number of hydrogen-bond donors (Lipinski definition) is 1. The lowest BCUT2D eigenvalue weighted by molar-refractivity contribution is -0.385. The molecular weight excluding hydrogens is 249 g/mol. The van der Waals surface area contributed by atoms with Gasteiger partial charge in [0.25, 0.3) is 5.69 Å². The molecule has 1 rings (SSSR count). The molecule has 0 aromatic heterocycles. The topological polar surface area (TPSA) is 55.2 Å². The Morgan fingerprint density at radius 2 is 1.94 bits per heavy atom. The molecule has 0 aliphatic rings. The lowest BCUT2D eigenvalue weighted by atomic mass is 10.2. The van der Waals surface area contributed by atoms with Gasteiger partial charge >= 0.3 is 6.18 Å². The van der Waals surface area contributed by atoms with Crippen molar-refractivity contribution in [3.8, 4) is 0 Å². The van der Waals surface area contributed by atoms with E-state index in [-0.39, 0.29) is 25.2 Å². The molecule has 0 saturated carbocycles. The third-order valence-electron chi connectivity index (χ3n) is 2.32. The molecule has 1 N–H and O–H groups in total. The summed E-state index contributed by atoms with van der Waals surface area (Å²) in [5.41, 5.74) is 0.440. The summed E-state index contributed by atoms with van der Waals surface area (Å²) in [6.07, 6.45) is -5.04. The molecule has 0 fully saturated rings. The third-order valence-corrected chi connectivity index (χ3v) is 2.32. The molecule has 0 aliphatic heterocycles. The Labute approximate surface area is 102 Å². The summed E-state index contributed by atoms with van der Waals surface area (Å²) >= 11 is 0. The molecule has 1 aromatic carbocycles. The first-order valence-electron chi connectivity index (χ1n) is 5.40. The van der Waals surface area contributed by atoms with Crippen LogP contribution in [-0.4, -0.2) is 17.6 Å². The minimum atomic E-state index is -4.15. The molecule has 1 aromatic rings. The summed E-state index contributed by atoms with van der Waals surface area (Å²) in [7, 11) is 0. The van der Waals surface area contributed by atoms with Crippen molar-refractivity contribution in [2.24, 2.45) is 0 Å². The van der Waals surface area contributed by atoms with Crippen LogP contribution in [0.4, 0.5) is 18.9 Å². The largest absolute Gasteiger partial charge is 0.389 e. The fraction of sp³-hybridized carbons (Fsp3) is 0.455. The molecule has 0 bridgehead atoms. The molecule has 7 heteroatoms. The van der Waals surface area contributed by atoms with E-state index in [1.54, 1.807) is 18.2 Å². The number of hydrogen-bond acceptors (Lipinski definition) is 3. The first-order valence-corrected chi connectivity index (χ1v) is 5.40. The van der Waals surface area contributed by atoms with Crippen molar-refractivity contribution in [3.05, 3.63) is 39.9 Å². The van der Waals surface area contributed by atoms with E-state index in [1.165, 1.54) is 6.07 Å². The predicted octanol–water partition coefficient (Wildman–Crippen LogP) is 3.03. The molecular formula is C11H13F3N2O2. The van der Waals surface area contributed by atoms with Gasteiger partial charge < -0.3 is 5.32 Å². The van der Waals surface area contributed by atoms with E-state index in [0.717, 1.165) is 0 Å². The highest BCUT2D eigenvalue weighted by Crippen LogP contribution is 2.21. The Hall–Kier alpha value is -1.63. The maximum Gasteiger partial charge on any atom is 0.389 e. The highest BCUT2D eigenvalue weighted by molar-refractivity contribution is 5.39. The number of nitrogens with one attached hydrogen (secondary N) is 1. The second kappa shape index (κ2) is 6.34. The molecule has 0 radical (unpaired) electrons. The number of rotatable bonds is 6. The van der Waals surface area contributed by atoms with Crippen LogP contribution in [0.15, 0.2) is 24.3 Å². The van der Waals surface area contributed by atoms with Crippen LogP contribution in [0.25, 0.3) is 0 Å². The Morgan fingerprint density at radius 1 is 1.28 bits per heavy atom. The van der Waals surface area contributed by atoms with Gasteiger partial charge in [0.2, 0.25) is 0 Å². The summed E-state index contributed by atoms with van der Waals surface area (Å²) in [6, 6.07) is 6.15. The average Bonchev–Trinajstić information content (AvgIpc) is 2.27. The Bertz CT molecular complexity index is 408. The normalized spacial score (nSPS) is 11.5. The summed E-state index contributed by atoms with van der Waals surface area (Å²) in [5.74, 6) is 0. The van der Waals surface area contributed by atoms with Gasteiger partial charge in [-0.3, -0.25) is 10.1 Å². The Morgan fingerprint density at radius 3 is 2.56 bits per heavy atom. The van der Waals surface area contributed by atoms with Crippen molar-refractivity contribution in [1.82, 2.24) is 5.32 Å². The first-order chi connectivity index (χ1) is 8.40. The monoisotopic (exact) mass is 262 g/mol. The number of halogens is 3. The maximum atomic E-state index is 11.9. The van der Waals surface area contributed by atoms with Gasteiger partial charge in [0.05, 0.1) is 4.92 Å². The first kappa shape index (κ1) is 14.4. The van der Waals surface area contributed by atoms with Gasteiger partial charge in [0, 0.05) is 24.6 Å². The van der Waals surface area contributed by atoms with Gasteiger partial charge in [-0.2, -0.15) is 13.2 Å². The van der Waals surface area contributed by atoms with E-state index in [1.807, 2.05) is 0 Å². The van der Waals surface area contributed by atoms with Crippen LogP contribution in [0, 0.1) is 10.1 Å². The molecule has 0 aliphatic carbocycles. The summed E-state index contributed by atoms with van der Waals surface area (Å²) in [6.45, 7) is 0.362. The van der Waals surface area contributed by atoms with E-state index in [0.29, 0.717) is 5.56 Å². The number of nitro groups is 1. The van der Waals surface area contributed by atoms with Crippen molar-refractivity contribution < 1.29 is 18.1 Å². The predicted molar refractivity (Wildman–Crippen MR) is 60.1 cm³/mol. The van der Waals surface area contributed by atoms with Gasteiger partial charge in [-0.05, 0) is 13.0 Å². The summed E-state index contributed by atoms with van der Waals surface area (Å²) in [5, 5.41) is 13.4. The molecule has 0 saturated heterocycles. The van der Waals surface area contributed by atoms with Crippen LogP contribution in [-0.2, 0) is 6.54 Å². The second-order valence-electron chi connectivity index (χ2n) is 3.78. The van der Waals surface area contributed by atoms with Crippen molar-refractivity contribution in [3.63, 3.8) is 0 Å². The smallest absolute Gasteiger partial charge is 0.312 e. The van der Waals surface area contributed by atoms with E-state index in [2.05, 4.69) is 5.32 Å². The second-order valence-corrected chi connectivity index (χ2v) is 3.78. The molecule has 0 unspecified atom stereocenters. The van der Waals surface area contributed by atoms with Crippen LogP contribution >= 0.6 is 0 Å². The van der Waals surface area contributed by atoms with E-state index < -0.39 is 17.5 Å². The molecule has 0 atom stereocenters. The highest BCUT2D eigenvalue weighted by Gasteiger charge is 2.25. The molecule has 0 heterocycles. The van der Waals surface area contributed by atoms with Gasteiger partial charge in [0.15, 0.2) is 0 Å². The molecule has 0 spiro atoms. The van der Waals surface area contributed by atoms with Crippen LogP contribution < -0.4 is 5.32 Å². The number of para-hydroxylation sites is 1. The molecule has 18 heavy (non-hydrogen) atoms. The fourth-order valence-corrected chi connectivity index (χ4v) is 1.48. The van der Waals surface area contributed by atoms with Crippen molar-refractivity contribution in [2.45, 2.75) is 25.6 Å². The lowest BCUT2D eigenvalue weighted by Crippen LogP contribution is -2.18. The van der Waals surface area contributed by atoms with E-state index in [9.17, 15) is 23.3 Å². The summed E-state index contributed by atoms with van der Waals surface area (Å²) < 4.78 is 35.6. The summed E-state index contributed by atoms with van der Waals surface area (Å²) in [4.78, 5) is 10.2. The Kier molecular flexibility index (Phi) is 5.08. The van der Waals surface area contributed by atoms with E-state index in [4.69, 9.17) is 0 Å². The number of nitro benzene ring substituents is 1. The number of alkyl halides is 3. The minimum absolute atomic E-state index is 0.0270. The highest BCUT2D eigenvalue weighted by atomic mass is 19.4. The minimum Gasteiger partial charge on any atom is -0.312 e. The maximum absolute atomic E-state index is 11.9. The van der Waals surface area contributed by atoms with Crippen LogP contribution in [0.5, 0.6) is 0 Å². The zero-order chi connectivity index (χ0) is 13.6. The zero-order valence-corrected chi connectivity index (χ0v) is 9.54. The van der Waals surface area contributed by atoms with Crippen LogP contribution in [0.2, 0.25) is 0 Å². The third kappa shape index (κ3) is 5.13.